The van der Waals surface area contributed by atoms with Crippen molar-refractivity contribution in [1.29, 1.82) is 0 Å². The van der Waals surface area contributed by atoms with E-state index in [1.807, 2.05) is 0 Å². The summed E-state index contributed by atoms with van der Waals surface area (Å²) in [5, 5.41) is 0. The lowest BCUT2D eigenvalue weighted by molar-refractivity contribution is -0.113. The maximum Gasteiger partial charge on any atom is 0.240 e. The Balaban J connectivity index is -0.0000000267. The van der Waals surface area contributed by atoms with Gasteiger partial charge in [-0.3, -0.25) is 4.79 Å². The van der Waals surface area contributed by atoms with Gasteiger partial charge in [-0.05, 0) is 6.08 Å². The number of primary amides is 1. The first-order valence-electron chi connectivity index (χ1n) is 1.19. The molecule has 0 radical (unpaired) electrons. The van der Waals surface area contributed by atoms with Crippen LogP contribution in [0, 0.1) is 0 Å². The van der Waals surface area contributed by atoms with Crippen molar-refractivity contribution in [3.05, 3.63) is 12.7 Å². The highest BCUT2D eigenvalue weighted by Gasteiger charge is 1.69. The molecule has 1 amide bonds. The summed E-state index contributed by atoms with van der Waals surface area (Å²) in [5.41, 5.74) is 4.53. The Bertz CT molecular complexity index is 68.3. The van der Waals surface area contributed by atoms with E-state index in [-0.39, 0.29) is 35.2 Å². The van der Waals surface area contributed by atoms with Gasteiger partial charge in [-0.1, -0.05) is 6.58 Å². The number of hydrogen-bond donors (Lipinski definition) is 1. The van der Waals surface area contributed by atoms with Gasteiger partial charge in [0, 0.05) is 0 Å². The molecule has 8 heavy (non-hydrogen) atoms. The predicted octanol–water partition coefficient (Wildman–Crippen LogP) is -1.93. The van der Waals surface area contributed by atoms with E-state index in [2.05, 4.69) is 12.3 Å². The van der Waals surface area contributed by atoms with E-state index in [9.17, 15) is 4.79 Å². The smallest absolute Gasteiger partial charge is 0.240 e. The molecule has 0 aliphatic rings. The lowest BCUT2D eigenvalue weighted by Gasteiger charge is -1.65. The van der Waals surface area contributed by atoms with Gasteiger partial charge in [0.25, 0.3) is 0 Å². The molecule has 0 bridgehead atoms. The molecule has 0 rings (SSSR count). The molecule has 0 saturated carbocycles. The molecule has 0 aliphatic heterocycles. The third kappa shape index (κ3) is 37.6. The van der Waals surface area contributed by atoms with Gasteiger partial charge in [0.1, 0.15) is 0 Å². The molecule has 0 aromatic rings. The Morgan fingerprint density at radius 3 is 1.75 bits per heavy atom. The van der Waals surface area contributed by atoms with Gasteiger partial charge in [-0.2, -0.15) is 0 Å². The number of halogens is 1. The number of amides is 1. The van der Waals surface area contributed by atoms with Crippen LogP contribution < -0.4 is 5.73 Å². The molecule has 0 heterocycles. The van der Waals surface area contributed by atoms with E-state index in [0.29, 0.717) is 0 Å². The van der Waals surface area contributed by atoms with Gasteiger partial charge in [0.2, 0.25) is 5.91 Å². The van der Waals surface area contributed by atoms with E-state index in [4.69, 9.17) is 0 Å². The minimum atomic E-state index is -0.481. The first-order valence-corrected chi connectivity index (χ1v) is 1.19. The molecule has 0 atom stereocenters. The Morgan fingerprint density at radius 1 is 1.62 bits per heavy atom. The van der Waals surface area contributed by atoms with E-state index < -0.39 is 5.91 Å². The van der Waals surface area contributed by atoms with Gasteiger partial charge in [0.15, 0.2) is 17.4 Å². The van der Waals surface area contributed by atoms with Crippen molar-refractivity contribution in [3.8, 4) is 0 Å². The molecule has 0 saturated heterocycles. The Hall–Kier alpha value is -0.00753. The third-order valence-corrected chi connectivity index (χ3v) is 0.201. The summed E-state index contributed by atoms with van der Waals surface area (Å²) in [4.78, 5) is 9.47. The summed E-state index contributed by atoms with van der Waals surface area (Å²) in [6, 6.07) is 0. The Labute approximate surface area is 64.8 Å². The molecular weight excluding hydrogens is 144 g/mol. The Morgan fingerprint density at radius 2 is 1.75 bits per heavy atom. The lowest BCUT2D eigenvalue weighted by atomic mass is 10.6. The summed E-state index contributed by atoms with van der Waals surface area (Å²) >= 11 is 0. The number of rotatable bonds is 1. The van der Waals surface area contributed by atoms with Crippen LogP contribution in [0.3, 0.4) is 0 Å². The minimum Gasteiger partial charge on any atom is -0.412 e. The van der Waals surface area contributed by atoms with Crippen molar-refractivity contribution >= 4 is 35.7 Å². The van der Waals surface area contributed by atoms with Crippen molar-refractivity contribution in [2.24, 2.45) is 5.73 Å². The molecule has 4 N–H and O–H groups in total. The van der Waals surface area contributed by atoms with Crippen LogP contribution in [-0.2, 0) is 4.79 Å². The van der Waals surface area contributed by atoms with Crippen molar-refractivity contribution in [3.63, 3.8) is 0 Å². The van der Waals surface area contributed by atoms with Gasteiger partial charge >= 0.3 is 0 Å². The van der Waals surface area contributed by atoms with E-state index in [1.165, 1.54) is 0 Å². The summed E-state index contributed by atoms with van der Waals surface area (Å²) < 4.78 is 0. The molecule has 50 valence electrons. The number of carbonyl (C=O) groups excluding carboxylic acids is 1. The van der Waals surface area contributed by atoms with Crippen LogP contribution in [0.1, 0.15) is 0 Å². The molecular formula is C3H11AlClNO2. The zero-order chi connectivity index (χ0) is 4.28. The molecule has 3 nitrogen and oxygen atoms in total. The first-order chi connectivity index (χ1) is 2.27. The fourth-order valence-electron chi connectivity index (χ4n) is 0. The highest BCUT2D eigenvalue weighted by atomic mass is 35.5. The van der Waals surface area contributed by atoms with Crippen LogP contribution in [0.5, 0.6) is 0 Å². The standard InChI is InChI=1S/C3H5NO.Al.ClH.H2O.3H/c1-2-3(4)5;;;;;;/h2H,1H2,(H2,4,5);;1H;1H2;;;. The molecule has 0 spiro atoms. The SMILES string of the molecule is C=CC(N)=O.Cl.O.[AlH3]. The molecule has 0 aliphatic carbocycles. The molecule has 0 unspecified atom stereocenters. The van der Waals surface area contributed by atoms with Crippen molar-refractivity contribution in [2.75, 3.05) is 0 Å². The highest BCUT2D eigenvalue weighted by Crippen LogP contribution is 1.48. The quantitative estimate of drug-likeness (QED) is 0.348. The van der Waals surface area contributed by atoms with Gasteiger partial charge < -0.3 is 11.2 Å². The molecule has 5 heteroatoms. The molecule has 0 fully saturated rings. The summed E-state index contributed by atoms with van der Waals surface area (Å²) in [7, 11) is 0. The van der Waals surface area contributed by atoms with Crippen LogP contribution in [0.2, 0.25) is 0 Å². The number of carbonyl (C=O) groups is 1. The normalized spacial score (nSPS) is 4.00. The fraction of sp³-hybridized carbons (Fsp3) is 0. The maximum atomic E-state index is 9.47. The molecule has 0 aromatic carbocycles. The van der Waals surface area contributed by atoms with Crippen molar-refractivity contribution in [1.82, 2.24) is 0 Å². The minimum absolute atomic E-state index is 0. The number of nitrogens with two attached hydrogens (primary N) is 1. The van der Waals surface area contributed by atoms with Crippen LogP contribution in [0.25, 0.3) is 0 Å². The first kappa shape index (κ1) is 24.5. The van der Waals surface area contributed by atoms with Crippen LogP contribution in [0.4, 0.5) is 0 Å². The van der Waals surface area contributed by atoms with Gasteiger partial charge in [-0.15, -0.1) is 12.4 Å². The average Bonchev–Trinajstić information content (AvgIpc) is 1.38. The Kier molecular flexibility index (Phi) is 48.3. The van der Waals surface area contributed by atoms with Crippen LogP contribution in [0.15, 0.2) is 12.7 Å². The number of hydrogen-bond acceptors (Lipinski definition) is 1. The summed E-state index contributed by atoms with van der Waals surface area (Å²) in [5.74, 6) is -0.481. The van der Waals surface area contributed by atoms with Crippen molar-refractivity contribution < 1.29 is 10.3 Å². The van der Waals surface area contributed by atoms with Gasteiger partial charge in [-0.25, -0.2) is 0 Å². The zero-order valence-electron chi connectivity index (χ0n) is 3.68. The predicted molar refractivity (Wildman–Crippen MR) is 40.2 cm³/mol. The monoisotopic (exact) mass is 155 g/mol. The third-order valence-electron chi connectivity index (χ3n) is 0.201. The van der Waals surface area contributed by atoms with Crippen molar-refractivity contribution in [2.45, 2.75) is 0 Å². The van der Waals surface area contributed by atoms with Gasteiger partial charge in [0.05, 0.1) is 0 Å². The second kappa shape index (κ2) is 15.8. The summed E-state index contributed by atoms with van der Waals surface area (Å²) in [6.45, 7) is 3.09. The van der Waals surface area contributed by atoms with E-state index in [1.54, 1.807) is 0 Å². The lowest BCUT2D eigenvalue weighted by Crippen LogP contribution is -2.04. The topological polar surface area (TPSA) is 74.6 Å². The molecule has 0 aromatic heterocycles. The second-order valence-electron chi connectivity index (χ2n) is 0.606. The summed E-state index contributed by atoms with van der Waals surface area (Å²) in [6.07, 6.45) is 1.06. The highest BCUT2D eigenvalue weighted by molar-refractivity contribution is 5.85. The van der Waals surface area contributed by atoms with E-state index >= 15 is 0 Å². The maximum absolute atomic E-state index is 9.47. The van der Waals surface area contributed by atoms with Crippen LogP contribution >= 0.6 is 12.4 Å². The average molecular weight is 156 g/mol. The van der Waals surface area contributed by atoms with Crippen LogP contribution in [-0.4, -0.2) is 28.7 Å². The second-order valence-corrected chi connectivity index (χ2v) is 0.606. The zero-order valence-corrected chi connectivity index (χ0v) is 4.49. The van der Waals surface area contributed by atoms with E-state index in [0.717, 1.165) is 6.08 Å². The largest absolute Gasteiger partial charge is 0.412 e. The fourth-order valence-corrected chi connectivity index (χ4v) is 0.